The molecular formula is C35H55NO. The van der Waals surface area contributed by atoms with Crippen molar-refractivity contribution in [2.75, 3.05) is 13.2 Å². The van der Waals surface area contributed by atoms with Crippen LogP contribution in [0.1, 0.15) is 91.7 Å². The van der Waals surface area contributed by atoms with Crippen LogP contribution in [-0.4, -0.2) is 24.0 Å². The first-order valence-electron chi connectivity index (χ1n) is 14.3. The Bertz CT molecular complexity index is 865. The van der Waals surface area contributed by atoms with Gasteiger partial charge in [-0.25, -0.2) is 0 Å². The van der Waals surface area contributed by atoms with Crippen LogP contribution in [0.4, 0.5) is 0 Å². The lowest BCUT2D eigenvalue weighted by Gasteiger charge is -2.10. The normalized spacial score (nSPS) is 14.4. The van der Waals surface area contributed by atoms with Gasteiger partial charge < -0.3 is 5.11 Å². The van der Waals surface area contributed by atoms with E-state index in [1.807, 2.05) is 19.9 Å². The largest absolute Gasteiger partial charge is 0.397 e. The van der Waals surface area contributed by atoms with Gasteiger partial charge in [0, 0.05) is 6.61 Å². The topological polar surface area (TPSA) is 32.6 Å². The van der Waals surface area contributed by atoms with Crippen molar-refractivity contribution in [1.29, 1.82) is 0 Å². The number of aryl methyl sites for hydroxylation is 2. The molecule has 37 heavy (non-hydrogen) atoms. The van der Waals surface area contributed by atoms with Crippen LogP contribution in [0.15, 0.2) is 102 Å². The van der Waals surface area contributed by atoms with Crippen molar-refractivity contribution in [3.8, 4) is 0 Å². The molecule has 0 bridgehead atoms. The van der Waals surface area contributed by atoms with Gasteiger partial charge in [-0.15, -0.1) is 6.58 Å². The fourth-order valence-electron chi connectivity index (χ4n) is 3.36. The number of hydrogen-bond donors (Lipinski definition) is 1. The second-order valence-electron chi connectivity index (χ2n) is 8.08. The second kappa shape index (κ2) is 27.9. The Hall–Kier alpha value is -2.71. The maximum Gasteiger partial charge on any atom is 0.0649 e. The van der Waals surface area contributed by atoms with Crippen molar-refractivity contribution < 1.29 is 5.11 Å². The average molecular weight is 506 g/mol. The summed E-state index contributed by atoms with van der Waals surface area (Å²) in [4.78, 5) is 4.74. The van der Waals surface area contributed by atoms with E-state index in [4.69, 9.17) is 10.1 Å². The van der Waals surface area contributed by atoms with E-state index in [1.54, 1.807) is 6.92 Å². The van der Waals surface area contributed by atoms with Gasteiger partial charge in [0.15, 0.2) is 0 Å². The van der Waals surface area contributed by atoms with E-state index in [0.717, 1.165) is 44.4 Å². The Kier molecular flexibility index (Phi) is 27.5. The molecule has 0 amide bonds. The quantitative estimate of drug-likeness (QED) is 0.235. The van der Waals surface area contributed by atoms with Crippen LogP contribution in [0.2, 0.25) is 0 Å². The lowest BCUT2D eigenvalue weighted by atomic mass is 9.98. The zero-order valence-electron chi connectivity index (χ0n) is 25.0. The Balaban J connectivity index is 0. The monoisotopic (exact) mass is 505 g/mol. The van der Waals surface area contributed by atoms with E-state index in [2.05, 4.69) is 107 Å². The van der Waals surface area contributed by atoms with Crippen molar-refractivity contribution in [3.05, 3.63) is 108 Å². The number of unbranched alkanes of at least 4 members (excludes halogenated alkanes) is 1. The van der Waals surface area contributed by atoms with Gasteiger partial charge in [0.05, 0.1) is 12.3 Å². The maximum absolute atomic E-state index is 7.57. The van der Waals surface area contributed by atoms with Gasteiger partial charge in [-0.3, -0.25) is 4.99 Å². The molecule has 2 rings (SSSR count). The van der Waals surface area contributed by atoms with Gasteiger partial charge >= 0.3 is 0 Å². The molecule has 0 atom stereocenters. The summed E-state index contributed by atoms with van der Waals surface area (Å²) in [5.41, 5.74) is 6.67. The van der Waals surface area contributed by atoms with E-state index in [9.17, 15) is 0 Å². The number of benzene rings is 1. The lowest BCUT2D eigenvalue weighted by Crippen LogP contribution is -2.03. The van der Waals surface area contributed by atoms with Gasteiger partial charge in [0.2, 0.25) is 0 Å². The van der Waals surface area contributed by atoms with Crippen molar-refractivity contribution in [1.82, 2.24) is 0 Å². The van der Waals surface area contributed by atoms with E-state index in [1.165, 1.54) is 35.1 Å². The number of nitrogens with zero attached hydrogens (tertiary/aromatic N) is 1. The highest BCUT2D eigenvalue weighted by Gasteiger charge is 2.05. The molecule has 0 fully saturated rings. The van der Waals surface area contributed by atoms with Crippen molar-refractivity contribution in [2.45, 2.75) is 93.4 Å². The summed E-state index contributed by atoms with van der Waals surface area (Å²) < 4.78 is 0. The highest BCUT2D eigenvalue weighted by atomic mass is 16.2. The second-order valence-corrected chi connectivity index (χ2v) is 8.08. The summed E-state index contributed by atoms with van der Waals surface area (Å²) in [6.07, 6.45) is 27.3. The van der Waals surface area contributed by atoms with Crippen LogP contribution in [0, 0.1) is 0 Å². The zero-order chi connectivity index (χ0) is 28.2. The fourth-order valence-corrected chi connectivity index (χ4v) is 3.36. The first kappa shape index (κ1) is 36.4. The molecular weight excluding hydrogens is 450 g/mol. The highest BCUT2D eigenvalue weighted by molar-refractivity contribution is 6.12. The summed E-state index contributed by atoms with van der Waals surface area (Å²) in [5.74, 6) is 0. The van der Waals surface area contributed by atoms with Crippen LogP contribution in [-0.2, 0) is 12.8 Å². The van der Waals surface area contributed by atoms with Crippen LogP contribution >= 0.6 is 0 Å². The van der Waals surface area contributed by atoms with Crippen molar-refractivity contribution >= 4 is 5.71 Å². The molecule has 1 aromatic carbocycles. The number of aliphatic imine (C=N–C) groups is 1. The molecule has 1 aromatic rings. The van der Waals surface area contributed by atoms with E-state index < -0.39 is 0 Å². The highest BCUT2D eigenvalue weighted by Crippen LogP contribution is 2.16. The van der Waals surface area contributed by atoms with Gasteiger partial charge in [-0.05, 0) is 87.1 Å². The Morgan fingerprint density at radius 2 is 1.51 bits per heavy atom. The molecule has 1 aliphatic carbocycles. The summed E-state index contributed by atoms with van der Waals surface area (Å²) in [6.45, 7) is 18.7. The first-order valence-corrected chi connectivity index (χ1v) is 14.3. The molecule has 0 heterocycles. The lowest BCUT2D eigenvalue weighted by molar-refractivity contribution is 0.318. The zero-order valence-corrected chi connectivity index (χ0v) is 25.0. The molecule has 0 saturated heterocycles. The van der Waals surface area contributed by atoms with Crippen LogP contribution in [0.3, 0.4) is 0 Å². The standard InChI is InChI=1S/C27H35N.C4H8.C2H6O.C2H6/c1-4-23-19-20-25(6-3)27(22-23)28-21-15-11-9-7-8-10-12-17-26-18-14-13-16-24(26)5-2;1-3-4-2;1-2-3;1-2/h6-8,11,13-16,18-20,22H,4-5,9-10,12,17,21H2,1-3H3;3H,1,4H2,2H3;3H,2H2,1H3;1-2H3/b8-7+,15-11+,25-6-,28-27?;;;. The minimum absolute atomic E-state index is 0.250. The molecule has 1 aliphatic rings. The molecule has 206 valence electrons. The molecule has 0 aromatic heterocycles. The Labute approximate surface area is 230 Å². The predicted molar refractivity (Wildman–Crippen MR) is 170 cm³/mol. The number of aliphatic hydroxyl groups is 1. The van der Waals surface area contributed by atoms with E-state index in [-0.39, 0.29) is 6.61 Å². The third-order valence-electron chi connectivity index (χ3n) is 5.39. The van der Waals surface area contributed by atoms with Crippen molar-refractivity contribution in [2.24, 2.45) is 4.99 Å². The van der Waals surface area contributed by atoms with Gasteiger partial charge in [0.1, 0.15) is 0 Å². The first-order chi connectivity index (χ1) is 18.1. The summed E-state index contributed by atoms with van der Waals surface area (Å²) in [5, 5.41) is 7.57. The number of allylic oxidation sites excluding steroid dienone is 10. The van der Waals surface area contributed by atoms with Crippen LogP contribution < -0.4 is 0 Å². The van der Waals surface area contributed by atoms with Crippen LogP contribution in [0.25, 0.3) is 0 Å². The molecule has 2 nitrogen and oxygen atoms in total. The predicted octanol–water partition coefficient (Wildman–Crippen LogP) is 9.97. The Morgan fingerprint density at radius 1 is 0.892 bits per heavy atom. The SMILES string of the molecule is C/C=C1/C=CC(CC)=CC1=NC/C=C/C/C=C/CCCc1ccccc1CC.C=CCC.CC.CCO. The fraction of sp³-hybridized carbons (Fsp3) is 0.457. The smallest absolute Gasteiger partial charge is 0.0649 e. The molecule has 1 N–H and O–H groups in total. The van der Waals surface area contributed by atoms with E-state index in [0.29, 0.717) is 0 Å². The molecule has 0 aliphatic heterocycles. The third kappa shape index (κ3) is 19.1. The van der Waals surface area contributed by atoms with Crippen LogP contribution in [0.5, 0.6) is 0 Å². The molecule has 0 saturated carbocycles. The van der Waals surface area contributed by atoms with Gasteiger partial charge in [0.25, 0.3) is 0 Å². The molecule has 0 spiro atoms. The van der Waals surface area contributed by atoms with E-state index >= 15 is 0 Å². The third-order valence-corrected chi connectivity index (χ3v) is 5.39. The van der Waals surface area contributed by atoms with Crippen molar-refractivity contribution in [3.63, 3.8) is 0 Å². The average Bonchev–Trinajstić information content (AvgIpc) is 2.95. The molecule has 0 unspecified atom stereocenters. The number of hydrogen-bond acceptors (Lipinski definition) is 2. The Morgan fingerprint density at radius 3 is 2.08 bits per heavy atom. The molecule has 0 radical (unpaired) electrons. The minimum atomic E-state index is 0.250. The number of rotatable bonds is 11. The number of aliphatic hydroxyl groups excluding tert-OH is 1. The minimum Gasteiger partial charge on any atom is -0.397 e. The summed E-state index contributed by atoms with van der Waals surface area (Å²) in [7, 11) is 0. The summed E-state index contributed by atoms with van der Waals surface area (Å²) in [6, 6.07) is 8.82. The van der Waals surface area contributed by atoms with Gasteiger partial charge in [-0.1, -0.05) is 107 Å². The molecule has 2 heteroatoms. The van der Waals surface area contributed by atoms with Gasteiger partial charge in [-0.2, -0.15) is 0 Å². The maximum atomic E-state index is 7.57. The summed E-state index contributed by atoms with van der Waals surface area (Å²) >= 11 is 0.